The van der Waals surface area contributed by atoms with E-state index >= 15 is 0 Å². The molecule has 4 nitrogen and oxygen atoms in total. The molecule has 0 aromatic heterocycles. The van der Waals surface area contributed by atoms with Gasteiger partial charge in [-0.1, -0.05) is 13.3 Å². The molecule has 4 heteroatoms. The molecule has 52 valence electrons. The maximum atomic E-state index is 8.11. The molecule has 0 unspecified atom stereocenters. The third kappa shape index (κ3) is 17.0. The summed E-state index contributed by atoms with van der Waals surface area (Å²) in [5.41, 5.74) is 0. The summed E-state index contributed by atoms with van der Waals surface area (Å²) in [7, 11) is 0. The highest BCUT2D eigenvalue weighted by atomic mass is 16.5. The average molecular weight is 122 g/mol. The van der Waals surface area contributed by atoms with Gasteiger partial charge in [0.05, 0.1) is 0 Å². The van der Waals surface area contributed by atoms with Gasteiger partial charge in [0.25, 0.3) is 0 Å². The van der Waals surface area contributed by atoms with Crippen molar-refractivity contribution in [2.45, 2.75) is 26.1 Å². The first-order valence-electron chi connectivity index (χ1n) is 2.47. The van der Waals surface area contributed by atoms with Gasteiger partial charge in [-0.05, 0) is 6.42 Å². The second-order valence-corrected chi connectivity index (χ2v) is 1.27. The summed E-state index contributed by atoms with van der Waals surface area (Å²) in [5, 5.41) is 16.2. The van der Waals surface area contributed by atoms with E-state index in [2.05, 4.69) is 11.7 Å². The van der Waals surface area contributed by atoms with Gasteiger partial charge in [-0.3, -0.25) is 11.7 Å². The summed E-state index contributed by atoms with van der Waals surface area (Å²) in [6.07, 6.45) is 0.215. The van der Waals surface area contributed by atoms with E-state index in [1.165, 1.54) is 0 Å². The molecule has 0 aliphatic rings. The first kappa shape index (κ1) is 10.8. The number of hydrogen-bond donors (Lipinski definition) is 4. The van der Waals surface area contributed by atoms with Crippen molar-refractivity contribution in [1.82, 2.24) is 0 Å². The number of aliphatic hydroxyl groups is 2. The van der Waals surface area contributed by atoms with Crippen LogP contribution in [-0.4, -0.2) is 16.5 Å². The van der Waals surface area contributed by atoms with Crippen LogP contribution in [0.4, 0.5) is 0 Å². The smallest absolute Gasteiger partial charge is 0.151 e. The van der Waals surface area contributed by atoms with Crippen LogP contribution < -0.4 is 11.7 Å². The van der Waals surface area contributed by atoms with E-state index < -0.39 is 6.29 Å². The molecule has 0 saturated carbocycles. The Balaban J connectivity index is 0. The molecular weight excluding hydrogens is 108 g/mol. The second kappa shape index (κ2) is 9.96. The lowest BCUT2D eigenvalue weighted by Gasteiger charge is -1.94. The highest BCUT2D eigenvalue weighted by molar-refractivity contribution is 4.31. The van der Waals surface area contributed by atoms with Crippen molar-refractivity contribution in [2.75, 3.05) is 0 Å². The fraction of sp³-hybridized carbons (Fsp3) is 1.00. The zero-order chi connectivity index (χ0) is 6.99. The van der Waals surface area contributed by atoms with E-state index in [4.69, 9.17) is 10.2 Å². The summed E-state index contributed by atoms with van der Waals surface area (Å²) < 4.78 is 0. The first-order chi connectivity index (χ1) is 3.77. The molecule has 0 bridgehead atoms. The Morgan fingerprint density at radius 2 is 1.75 bits per heavy atom. The largest absolute Gasteiger partial charge is 0.368 e. The molecule has 8 heavy (non-hydrogen) atoms. The van der Waals surface area contributed by atoms with Crippen LogP contribution in [0.3, 0.4) is 0 Å². The Kier molecular flexibility index (Phi) is 13.4. The zero-order valence-corrected chi connectivity index (χ0v) is 5.04. The molecule has 0 aliphatic carbocycles. The maximum Gasteiger partial charge on any atom is 0.151 e. The normalized spacial score (nSPS) is 8.25. The van der Waals surface area contributed by atoms with Gasteiger partial charge in [-0.2, -0.15) is 0 Å². The highest BCUT2D eigenvalue weighted by Gasteiger charge is 1.89. The molecule has 0 rings (SSSR count). The van der Waals surface area contributed by atoms with E-state index in [-0.39, 0.29) is 0 Å². The Morgan fingerprint density at radius 1 is 1.38 bits per heavy atom. The van der Waals surface area contributed by atoms with Crippen molar-refractivity contribution in [3.8, 4) is 0 Å². The minimum atomic E-state index is -1.10. The fourth-order valence-corrected chi connectivity index (χ4v) is 0.258. The molecular formula is C4H14N2O2. The third-order valence-corrected chi connectivity index (χ3v) is 0.547. The SMILES string of the molecule is CCCC(O)O.NN. The lowest BCUT2D eigenvalue weighted by molar-refractivity contribution is -0.0453. The number of hydrazine groups is 1. The van der Waals surface area contributed by atoms with Crippen molar-refractivity contribution in [1.29, 1.82) is 0 Å². The van der Waals surface area contributed by atoms with Gasteiger partial charge in [-0.15, -0.1) is 0 Å². The first-order valence-corrected chi connectivity index (χ1v) is 2.47. The van der Waals surface area contributed by atoms with Gasteiger partial charge < -0.3 is 10.2 Å². The standard InChI is InChI=1S/C4H10O2.H4N2/c1-2-3-4(5)6;1-2/h4-6H,2-3H2,1H3;1-2H2. The Labute approximate surface area is 49.1 Å². The predicted octanol–water partition coefficient (Wildman–Crippen LogP) is -1.08. The van der Waals surface area contributed by atoms with Crippen LogP contribution in [-0.2, 0) is 0 Å². The van der Waals surface area contributed by atoms with E-state index in [1.807, 2.05) is 6.92 Å². The van der Waals surface area contributed by atoms with Gasteiger partial charge in [0.1, 0.15) is 0 Å². The van der Waals surface area contributed by atoms with Crippen LogP contribution in [0, 0.1) is 0 Å². The van der Waals surface area contributed by atoms with Crippen molar-refractivity contribution in [2.24, 2.45) is 11.7 Å². The van der Waals surface area contributed by atoms with Crippen LogP contribution in [0.1, 0.15) is 19.8 Å². The molecule has 0 radical (unpaired) electrons. The molecule has 0 heterocycles. The van der Waals surface area contributed by atoms with Crippen molar-refractivity contribution >= 4 is 0 Å². The van der Waals surface area contributed by atoms with Crippen LogP contribution in [0.25, 0.3) is 0 Å². The van der Waals surface area contributed by atoms with Crippen LogP contribution in [0.5, 0.6) is 0 Å². The molecule has 0 fully saturated rings. The van der Waals surface area contributed by atoms with Crippen LogP contribution in [0.2, 0.25) is 0 Å². The Bertz CT molecular complexity index is 33.2. The predicted molar refractivity (Wildman–Crippen MR) is 31.5 cm³/mol. The van der Waals surface area contributed by atoms with Gasteiger partial charge in [0.2, 0.25) is 0 Å². The second-order valence-electron chi connectivity index (χ2n) is 1.27. The molecule has 0 aliphatic heterocycles. The minimum Gasteiger partial charge on any atom is -0.368 e. The summed E-state index contributed by atoms with van der Waals surface area (Å²) in [5.74, 6) is 8.00. The number of hydrogen-bond acceptors (Lipinski definition) is 4. The molecule has 0 aromatic carbocycles. The molecule has 0 aromatic rings. The van der Waals surface area contributed by atoms with E-state index in [9.17, 15) is 0 Å². The maximum absolute atomic E-state index is 8.11. The molecule has 0 amide bonds. The topological polar surface area (TPSA) is 92.5 Å². The monoisotopic (exact) mass is 122 g/mol. The van der Waals surface area contributed by atoms with E-state index in [0.717, 1.165) is 6.42 Å². The molecule has 0 atom stereocenters. The van der Waals surface area contributed by atoms with Crippen LogP contribution >= 0.6 is 0 Å². The average Bonchev–Trinajstić information content (AvgIpc) is 1.72. The van der Waals surface area contributed by atoms with E-state index in [0.29, 0.717) is 6.42 Å². The Hall–Kier alpha value is -0.160. The fourth-order valence-electron chi connectivity index (χ4n) is 0.258. The van der Waals surface area contributed by atoms with Gasteiger partial charge >= 0.3 is 0 Å². The number of rotatable bonds is 2. The van der Waals surface area contributed by atoms with Gasteiger partial charge in [0.15, 0.2) is 6.29 Å². The third-order valence-electron chi connectivity index (χ3n) is 0.547. The van der Waals surface area contributed by atoms with Crippen molar-refractivity contribution in [3.63, 3.8) is 0 Å². The highest BCUT2D eigenvalue weighted by Crippen LogP contribution is 1.88. The van der Waals surface area contributed by atoms with Gasteiger partial charge in [-0.25, -0.2) is 0 Å². The quantitative estimate of drug-likeness (QED) is 0.213. The number of aliphatic hydroxyl groups excluding tert-OH is 1. The van der Waals surface area contributed by atoms with E-state index in [1.54, 1.807) is 0 Å². The molecule has 0 saturated heterocycles. The molecule has 6 N–H and O–H groups in total. The summed E-state index contributed by atoms with van der Waals surface area (Å²) >= 11 is 0. The summed E-state index contributed by atoms with van der Waals surface area (Å²) in [6.45, 7) is 1.90. The summed E-state index contributed by atoms with van der Waals surface area (Å²) in [6, 6.07) is 0. The van der Waals surface area contributed by atoms with Crippen molar-refractivity contribution in [3.05, 3.63) is 0 Å². The number of nitrogens with two attached hydrogens (primary N) is 2. The lowest BCUT2D eigenvalue weighted by Crippen LogP contribution is -2.02. The molecule has 0 spiro atoms. The zero-order valence-electron chi connectivity index (χ0n) is 5.04. The Morgan fingerprint density at radius 3 is 1.75 bits per heavy atom. The lowest BCUT2D eigenvalue weighted by atomic mass is 10.3. The van der Waals surface area contributed by atoms with Crippen molar-refractivity contribution < 1.29 is 10.2 Å². The summed E-state index contributed by atoms with van der Waals surface area (Å²) in [4.78, 5) is 0. The van der Waals surface area contributed by atoms with Gasteiger partial charge in [0, 0.05) is 0 Å². The minimum absolute atomic E-state index is 0.486. The van der Waals surface area contributed by atoms with Crippen LogP contribution in [0.15, 0.2) is 0 Å².